The van der Waals surface area contributed by atoms with Gasteiger partial charge in [-0.05, 0) is 53.2 Å². The third-order valence-corrected chi connectivity index (χ3v) is 8.58. The summed E-state index contributed by atoms with van der Waals surface area (Å²) in [4.78, 5) is 5.84. The van der Waals surface area contributed by atoms with Gasteiger partial charge in [-0.3, -0.25) is 0 Å². The van der Waals surface area contributed by atoms with Crippen LogP contribution in [0.25, 0.3) is 57.7 Å². The zero-order valence-corrected chi connectivity index (χ0v) is 21.6. The molecule has 182 valence electrons. The second-order valence-electron chi connectivity index (χ2n) is 9.66. The number of thiophene rings is 1. The molecule has 0 unspecified atom stereocenters. The fraction of sp³-hybridized carbons (Fsp3) is 0. The van der Waals surface area contributed by atoms with Gasteiger partial charge in [-0.15, -0.1) is 11.3 Å². The lowest BCUT2D eigenvalue weighted by Crippen LogP contribution is -2.09. The van der Waals surface area contributed by atoms with Crippen LogP contribution < -0.4 is 4.90 Å². The average molecular weight is 517 g/mol. The van der Waals surface area contributed by atoms with E-state index in [1.807, 2.05) is 53.8 Å². The normalized spacial score (nSPS) is 11.6. The van der Waals surface area contributed by atoms with Crippen molar-refractivity contribution in [2.75, 3.05) is 4.90 Å². The molecule has 0 radical (unpaired) electrons. The van der Waals surface area contributed by atoms with E-state index < -0.39 is 0 Å². The van der Waals surface area contributed by atoms with Crippen molar-refractivity contribution in [2.45, 2.75) is 0 Å². The van der Waals surface area contributed by atoms with Crippen molar-refractivity contribution in [3.8, 4) is 0 Å². The predicted molar refractivity (Wildman–Crippen MR) is 165 cm³/mol. The van der Waals surface area contributed by atoms with Crippen LogP contribution >= 0.6 is 11.3 Å². The molecule has 0 bridgehead atoms. The summed E-state index contributed by atoms with van der Waals surface area (Å²) in [6, 6.07) is 42.0. The molecular weight excluding hydrogens is 496 g/mol. The maximum absolute atomic E-state index is 7.42. The third-order valence-electron chi connectivity index (χ3n) is 7.46. The van der Waals surface area contributed by atoms with Gasteiger partial charge in [0, 0.05) is 42.3 Å². The first kappa shape index (κ1) is 21.9. The number of anilines is 3. The predicted octanol–water partition coefficient (Wildman–Crippen LogP) is 11.1. The van der Waals surface area contributed by atoms with E-state index in [9.17, 15) is 0 Å². The SMILES string of the molecule is [C-]#[N+]c1ccc(N(c2ccc3c(c2)sc2ccc4ccccc4c23)c2cccc3c2oc2ccccc23)cc1. The highest BCUT2D eigenvalue weighted by Crippen LogP contribution is 2.45. The molecule has 0 saturated heterocycles. The molecule has 0 N–H and O–H groups in total. The Morgan fingerprint density at radius 3 is 2.26 bits per heavy atom. The molecule has 8 aromatic rings. The molecule has 0 aliphatic carbocycles. The topological polar surface area (TPSA) is 20.7 Å². The maximum Gasteiger partial charge on any atom is 0.187 e. The number of furan rings is 1. The van der Waals surface area contributed by atoms with Crippen LogP contribution in [-0.4, -0.2) is 0 Å². The van der Waals surface area contributed by atoms with Gasteiger partial charge < -0.3 is 9.32 Å². The zero-order valence-electron chi connectivity index (χ0n) is 20.8. The molecule has 4 heteroatoms. The lowest BCUT2D eigenvalue weighted by atomic mass is 10.0. The molecule has 0 aliphatic heterocycles. The van der Waals surface area contributed by atoms with E-state index in [1.165, 1.54) is 30.9 Å². The standard InChI is InChI=1S/C35H20N2OS/c1-36-23-14-16-24(17-15-23)37(30-11-6-10-28-27-9-4-5-12-31(27)38-35(28)30)25-18-19-29-33(21-25)39-32-20-13-22-7-2-3-8-26(22)34(29)32/h2-21H. The van der Waals surface area contributed by atoms with Gasteiger partial charge >= 0.3 is 0 Å². The Morgan fingerprint density at radius 2 is 1.38 bits per heavy atom. The molecule has 0 saturated carbocycles. The molecule has 0 aliphatic rings. The van der Waals surface area contributed by atoms with Gasteiger partial charge in [-0.1, -0.05) is 78.9 Å². The first-order chi connectivity index (χ1) is 19.3. The minimum Gasteiger partial charge on any atom is -0.454 e. The largest absolute Gasteiger partial charge is 0.454 e. The van der Waals surface area contributed by atoms with Crippen LogP contribution in [0.3, 0.4) is 0 Å². The second-order valence-corrected chi connectivity index (χ2v) is 10.7. The molecule has 0 spiro atoms. The van der Waals surface area contributed by atoms with E-state index in [4.69, 9.17) is 11.0 Å². The highest BCUT2D eigenvalue weighted by atomic mass is 32.1. The Labute approximate surface area is 228 Å². The first-order valence-corrected chi connectivity index (χ1v) is 13.6. The van der Waals surface area contributed by atoms with Crippen molar-refractivity contribution in [1.82, 2.24) is 0 Å². The fourth-order valence-corrected chi connectivity index (χ4v) is 6.84. The Bertz CT molecular complexity index is 2250. The van der Waals surface area contributed by atoms with Crippen molar-refractivity contribution >= 4 is 87.0 Å². The number of nitrogens with zero attached hydrogens (tertiary/aromatic N) is 2. The third kappa shape index (κ3) is 3.34. The highest BCUT2D eigenvalue weighted by molar-refractivity contribution is 7.26. The quantitative estimate of drug-likeness (QED) is 0.218. The van der Waals surface area contributed by atoms with Crippen LogP contribution in [0.2, 0.25) is 0 Å². The maximum atomic E-state index is 7.42. The number of hydrogen-bond donors (Lipinski definition) is 0. The molecule has 0 atom stereocenters. The van der Waals surface area contributed by atoms with Gasteiger partial charge in [0.25, 0.3) is 0 Å². The summed E-state index contributed by atoms with van der Waals surface area (Å²) in [5.74, 6) is 0. The molecule has 3 nitrogen and oxygen atoms in total. The Hall–Kier alpha value is -5.11. The lowest BCUT2D eigenvalue weighted by Gasteiger charge is -2.25. The van der Waals surface area contributed by atoms with Crippen LogP contribution in [0, 0.1) is 6.57 Å². The Morgan fingerprint density at radius 1 is 0.615 bits per heavy atom. The molecule has 0 fully saturated rings. The van der Waals surface area contributed by atoms with Crippen molar-refractivity contribution < 1.29 is 4.42 Å². The van der Waals surface area contributed by atoms with Crippen LogP contribution in [-0.2, 0) is 0 Å². The van der Waals surface area contributed by atoms with Crippen molar-refractivity contribution in [3.63, 3.8) is 0 Å². The number of hydrogen-bond acceptors (Lipinski definition) is 3. The molecule has 0 amide bonds. The van der Waals surface area contributed by atoms with Crippen molar-refractivity contribution in [3.05, 3.63) is 133 Å². The van der Waals surface area contributed by atoms with Crippen LogP contribution in [0.1, 0.15) is 0 Å². The molecule has 2 aromatic heterocycles. The lowest BCUT2D eigenvalue weighted by molar-refractivity contribution is 0.669. The Balaban J connectivity index is 1.40. The highest BCUT2D eigenvalue weighted by Gasteiger charge is 2.20. The number of rotatable bonds is 3. The summed E-state index contributed by atoms with van der Waals surface area (Å²) in [7, 11) is 0. The molecule has 8 rings (SSSR count). The van der Waals surface area contributed by atoms with Gasteiger partial charge in [0.15, 0.2) is 11.3 Å². The van der Waals surface area contributed by atoms with E-state index in [-0.39, 0.29) is 0 Å². The monoisotopic (exact) mass is 516 g/mol. The minimum atomic E-state index is 0.618. The van der Waals surface area contributed by atoms with E-state index in [0.717, 1.165) is 39.0 Å². The van der Waals surface area contributed by atoms with Gasteiger partial charge in [0.2, 0.25) is 0 Å². The molecular formula is C35H20N2OS. The van der Waals surface area contributed by atoms with Crippen LogP contribution in [0.4, 0.5) is 22.7 Å². The van der Waals surface area contributed by atoms with E-state index in [2.05, 4.69) is 88.6 Å². The van der Waals surface area contributed by atoms with Crippen LogP contribution in [0.5, 0.6) is 0 Å². The Kier molecular flexibility index (Phi) is 4.75. The van der Waals surface area contributed by atoms with Crippen molar-refractivity contribution in [2.24, 2.45) is 0 Å². The summed E-state index contributed by atoms with van der Waals surface area (Å²) in [6.45, 7) is 7.42. The van der Waals surface area contributed by atoms with E-state index in [0.29, 0.717) is 5.69 Å². The van der Waals surface area contributed by atoms with Gasteiger partial charge in [-0.2, -0.15) is 0 Å². The second kappa shape index (κ2) is 8.46. The summed E-state index contributed by atoms with van der Waals surface area (Å²) in [5, 5.41) is 7.30. The molecule has 2 heterocycles. The van der Waals surface area contributed by atoms with E-state index >= 15 is 0 Å². The summed E-state index contributed by atoms with van der Waals surface area (Å²) < 4.78 is 8.97. The van der Waals surface area contributed by atoms with Crippen molar-refractivity contribution in [1.29, 1.82) is 0 Å². The molecule has 39 heavy (non-hydrogen) atoms. The first-order valence-electron chi connectivity index (χ1n) is 12.8. The minimum absolute atomic E-state index is 0.618. The van der Waals surface area contributed by atoms with Gasteiger partial charge in [0.1, 0.15) is 5.58 Å². The zero-order chi connectivity index (χ0) is 25.9. The number of fused-ring (bicyclic) bond motifs is 8. The van der Waals surface area contributed by atoms with Gasteiger partial charge in [0.05, 0.1) is 12.3 Å². The number of benzene rings is 6. The van der Waals surface area contributed by atoms with Gasteiger partial charge in [-0.25, -0.2) is 4.85 Å². The summed E-state index contributed by atoms with van der Waals surface area (Å²) in [5.41, 5.74) is 5.31. The average Bonchev–Trinajstić information content (AvgIpc) is 3.56. The van der Waals surface area contributed by atoms with Crippen LogP contribution in [0.15, 0.2) is 126 Å². The fourth-order valence-electron chi connectivity index (χ4n) is 5.69. The smallest absolute Gasteiger partial charge is 0.187 e. The summed E-state index contributed by atoms with van der Waals surface area (Å²) in [6.07, 6.45) is 0. The number of para-hydroxylation sites is 2. The summed E-state index contributed by atoms with van der Waals surface area (Å²) >= 11 is 1.82. The van der Waals surface area contributed by atoms with E-state index in [1.54, 1.807) is 0 Å². The molecule has 6 aromatic carbocycles.